The molecule has 1 aromatic carbocycles. The lowest BCUT2D eigenvalue weighted by atomic mass is 10.2. The van der Waals surface area contributed by atoms with Crippen LogP contribution in [0.15, 0.2) is 45.6 Å². The number of amides is 1. The molecule has 0 saturated carbocycles. The van der Waals surface area contributed by atoms with Gasteiger partial charge >= 0.3 is 11.8 Å². The van der Waals surface area contributed by atoms with E-state index in [0.29, 0.717) is 11.5 Å². The second-order valence-corrected chi connectivity index (χ2v) is 6.58. The van der Waals surface area contributed by atoms with Gasteiger partial charge in [0.05, 0.1) is 17.8 Å². The Morgan fingerprint density at radius 1 is 1.31 bits per heavy atom. The fourth-order valence-corrected chi connectivity index (χ4v) is 2.27. The van der Waals surface area contributed by atoms with E-state index in [-0.39, 0.29) is 12.3 Å². The van der Waals surface area contributed by atoms with E-state index in [1.165, 1.54) is 0 Å². The number of benzene rings is 1. The third-order valence-electron chi connectivity index (χ3n) is 3.20. The maximum Gasteiger partial charge on any atom is 0.434 e. The molecular formula is C17H19N5O4. The van der Waals surface area contributed by atoms with Crippen molar-refractivity contribution in [2.75, 3.05) is 5.32 Å². The highest BCUT2D eigenvalue weighted by molar-refractivity contribution is 5.84. The molecule has 3 rings (SSSR count). The monoisotopic (exact) mass is 357 g/mol. The summed E-state index contributed by atoms with van der Waals surface area (Å²) in [5, 5.41) is 13.1. The molecule has 2 heterocycles. The van der Waals surface area contributed by atoms with Crippen molar-refractivity contribution < 1.29 is 13.9 Å². The third kappa shape index (κ3) is 4.38. The molecule has 0 fully saturated rings. The summed E-state index contributed by atoms with van der Waals surface area (Å²) in [7, 11) is 0. The fourth-order valence-electron chi connectivity index (χ4n) is 2.27. The fraction of sp³-hybridized carbons (Fsp3) is 0.294. The van der Waals surface area contributed by atoms with Crippen LogP contribution in [0.4, 0.5) is 10.6 Å². The smallest absolute Gasteiger partial charge is 0.434 e. The third-order valence-corrected chi connectivity index (χ3v) is 3.20. The van der Waals surface area contributed by atoms with Gasteiger partial charge in [0.2, 0.25) is 5.89 Å². The van der Waals surface area contributed by atoms with E-state index in [4.69, 9.17) is 9.15 Å². The number of nitrogens with one attached hydrogen (secondary N) is 2. The van der Waals surface area contributed by atoms with E-state index < -0.39 is 17.5 Å². The number of carbonyl (C=O) groups excluding carboxylic acids is 1. The summed E-state index contributed by atoms with van der Waals surface area (Å²) in [4.78, 5) is 23.2. The Labute approximate surface area is 149 Å². The van der Waals surface area contributed by atoms with Crippen molar-refractivity contribution in [1.82, 2.24) is 20.0 Å². The first-order chi connectivity index (χ1) is 12.3. The Kier molecular flexibility index (Phi) is 4.61. The maximum absolute atomic E-state index is 12.1. The van der Waals surface area contributed by atoms with Crippen LogP contribution < -0.4 is 11.1 Å². The van der Waals surface area contributed by atoms with Crippen molar-refractivity contribution in [2.24, 2.45) is 0 Å². The molecule has 0 bridgehead atoms. The van der Waals surface area contributed by atoms with Crippen LogP contribution in [-0.4, -0.2) is 31.7 Å². The number of carbonyl (C=O) groups is 1. The predicted molar refractivity (Wildman–Crippen MR) is 93.4 cm³/mol. The zero-order valence-electron chi connectivity index (χ0n) is 14.6. The minimum absolute atomic E-state index is 0.196. The number of ether oxygens (including phenoxy) is 1. The van der Waals surface area contributed by atoms with Crippen LogP contribution in [0.3, 0.4) is 0 Å². The summed E-state index contributed by atoms with van der Waals surface area (Å²) in [6, 6.07) is 11.0. The van der Waals surface area contributed by atoms with Crippen LogP contribution in [0, 0.1) is 0 Å². The molecule has 0 unspecified atom stereocenters. The van der Waals surface area contributed by atoms with E-state index >= 15 is 0 Å². The van der Waals surface area contributed by atoms with Crippen LogP contribution in [0.25, 0.3) is 5.69 Å². The second-order valence-electron chi connectivity index (χ2n) is 6.58. The van der Waals surface area contributed by atoms with Crippen LogP contribution >= 0.6 is 0 Å². The van der Waals surface area contributed by atoms with Crippen molar-refractivity contribution >= 4 is 11.9 Å². The Balaban J connectivity index is 1.90. The van der Waals surface area contributed by atoms with Gasteiger partial charge in [0.25, 0.3) is 0 Å². The number of para-hydroxylation sites is 1. The first-order valence-corrected chi connectivity index (χ1v) is 7.99. The summed E-state index contributed by atoms with van der Waals surface area (Å²) in [6.07, 6.45) is -0.394. The minimum Gasteiger partial charge on any atom is -0.444 e. The van der Waals surface area contributed by atoms with Crippen molar-refractivity contribution in [2.45, 2.75) is 32.8 Å². The van der Waals surface area contributed by atoms with Crippen molar-refractivity contribution in [3.8, 4) is 5.69 Å². The molecule has 2 aromatic heterocycles. The molecule has 9 heteroatoms. The Hall–Kier alpha value is -3.36. The standard InChI is InChI=1S/C17H19N5O4/c1-17(2,3)26-15(23)18-13-9-11(10-14-19-20-16(24)25-14)21-22(13)12-7-5-4-6-8-12/h4-9H,10H2,1-3H3,(H,18,23)(H,20,24). The zero-order valence-corrected chi connectivity index (χ0v) is 14.6. The predicted octanol–water partition coefficient (Wildman–Crippen LogP) is 2.49. The van der Waals surface area contributed by atoms with Gasteiger partial charge in [0, 0.05) is 6.07 Å². The number of hydrogen-bond donors (Lipinski definition) is 2. The van der Waals surface area contributed by atoms with Gasteiger partial charge in [-0.3, -0.25) is 5.32 Å². The Morgan fingerprint density at radius 3 is 2.65 bits per heavy atom. The lowest BCUT2D eigenvalue weighted by Crippen LogP contribution is -2.27. The number of anilines is 1. The van der Waals surface area contributed by atoms with Gasteiger partial charge in [0.15, 0.2) is 0 Å². The van der Waals surface area contributed by atoms with E-state index in [1.54, 1.807) is 31.5 Å². The zero-order chi connectivity index (χ0) is 18.7. The van der Waals surface area contributed by atoms with Crippen LogP contribution in [0.5, 0.6) is 0 Å². The first-order valence-electron chi connectivity index (χ1n) is 7.99. The van der Waals surface area contributed by atoms with Crippen LogP contribution in [0.1, 0.15) is 32.4 Å². The molecule has 9 nitrogen and oxygen atoms in total. The molecule has 26 heavy (non-hydrogen) atoms. The van der Waals surface area contributed by atoms with Crippen LogP contribution in [0.2, 0.25) is 0 Å². The van der Waals surface area contributed by atoms with E-state index in [1.807, 2.05) is 30.3 Å². The molecule has 3 aromatic rings. The number of H-pyrrole nitrogens is 1. The van der Waals surface area contributed by atoms with Gasteiger partial charge in [-0.15, -0.1) is 5.10 Å². The summed E-state index contributed by atoms with van der Waals surface area (Å²) >= 11 is 0. The van der Waals surface area contributed by atoms with Crippen molar-refractivity contribution in [3.63, 3.8) is 0 Å². The van der Waals surface area contributed by atoms with Gasteiger partial charge in [-0.25, -0.2) is 19.4 Å². The molecule has 0 saturated heterocycles. The van der Waals surface area contributed by atoms with Gasteiger partial charge < -0.3 is 9.15 Å². The number of rotatable bonds is 4. The highest BCUT2D eigenvalue weighted by Crippen LogP contribution is 2.20. The summed E-state index contributed by atoms with van der Waals surface area (Å²) in [5.74, 6) is 0.00413. The largest absolute Gasteiger partial charge is 0.444 e. The number of aromatic nitrogens is 4. The maximum atomic E-state index is 12.1. The number of hydrogen-bond acceptors (Lipinski definition) is 6. The van der Waals surface area contributed by atoms with E-state index in [9.17, 15) is 9.59 Å². The average molecular weight is 357 g/mol. The lowest BCUT2D eigenvalue weighted by Gasteiger charge is -2.19. The molecule has 0 aliphatic rings. The lowest BCUT2D eigenvalue weighted by molar-refractivity contribution is 0.0635. The Morgan fingerprint density at radius 2 is 2.04 bits per heavy atom. The topological polar surface area (TPSA) is 115 Å². The molecule has 0 radical (unpaired) electrons. The van der Waals surface area contributed by atoms with Gasteiger partial charge in [-0.1, -0.05) is 18.2 Å². The molecule has 0 spiro atoms. The minimum atomic E-state index is -0.630. The molecule has 1 amide bonds. The summed E-state index contributed by atoms with van der Waals surface area (Å²) in [5.41, 5.74) is 0.701. The highest BCUT2D eigenvalue weighted by Gasteiger charge is 2.19. The van der Waals surface area contributed by atoms with Crippen molar-refractivity contribution in [3.05, 3.63) is 58.5 Å². The molecule has 2 N–H and O–H groups in total. The normalized spacial score (nSPS) is 11.3. The number of nitrogens with zero attached hydrogens (tertiary/aromatic N) is 3. The van der Waals surface area contributed by atoms with E-state index in [0.717, 1.165) is 5.69 Å². The molecular weight excluding hydrogens is 338 g/mol. The molecule has 136 valence electrons. The summed E-state index contributed by atoms with van der Waals surface area (Å²) < 4.78 is 11.8. The molecule has 0 aliphatic carbocycles. The summed E-state index contributed by atoms with van der Waals surface area (Å²) in [6.45, 7) is 5.35. The first kappa shape index (κ1) is 17.5. The second kappa shape index (κ2) is 6.87. The van der Waals surface area contributed by atoms with Gasteiger partial charge in [0.1, 0.15) is 11.4 Å². The van der Waals surface area contributed by atoms with Crippen LogP contribution in [-0.2, 0) is 11.2 Å². The SMILES string of the molecule is CC(C)(C)OC(=O)Nc1cc(Cc2n[nH]c(=O)o2)nn1-c1ccccc1. The highest BCUT2D eigenvalue weighted by atomic mass is 16.6. The van der Waals surface area contributed by atoms with E-state index in [2.05, 4.69) is 20.6 Å². The quantitative estimate of drug-likeness (QED) is 0.741. The molecule has 0 atom stereocenters. The Bertz CT molecular complexity index is 949. The average Bonchev–Trinajstić information content (AvgIpc) is 3.13. The van der Waals surface area contributed by atoms with Gasteiger partial charge in [-0.05, 0) is 32.9 Å². The van der Waals surface area contributed by atoms with Gasteiger partial charge in [-0.2, -0.15) is 5.10 Å². The molecule has 0 aliphatic heterocycles. The van der Waals surface area contributed by atoms with Crippen molar-refractivity contribution in [1.29, 1.82) is 0 Å². The number of aromatic amines is 1.